The summed E-state index contributed by atoms with van der Waals surface area (Å²) in [5.41, 5.74) is 2.87. The van der Waals surface area contributed by atoms with E-state index in [1.165, 1.54) is 17.0 Å². The van der Waals surface area contributed by atoms with Gasteiger partial charge in [-0.05, 0) is 79.4 Å². The van der Waals surface area contributed by atoms with Crippen LogP contribution in [0.15, 0.2) is 108 Å². The average molecular weight is 676 g/mol. The SMILES string of the molecule is CCOc1ccc(S(=O)(=O)N(CC(=O)N(Cc2ccc(Cl)cc2)C(Cc2ccccc2)C(=O)NCC(C)C)c2ccc(C)cc2)cc1. The Hall–Kier alpha value is -4.34. The van der Waals surface area contributed by atoms with Crippen molar-refractivity contribution in [3.8, 4) is 5.75 Å². The molecular weight excluding hydrogens is 634 g/mol. The molecule has 2 amide bonds. The van der Waals surface area contributed by atoms with Crippen LogP contribution in [0.2, 0.25) is 5.02 Å². The molecule has 0 aliphatic rings. The Morgan fingerprint density at radius 1 is 0.851 bits per heavy atom. The maximum atomic E-state index is 14.6. The van der Waals surface area contributed by atoms with Crippen LogP contribution in [0, 0.1) is 12.8 Å². The maximum Gasteiger partial charge on any atom is 0.264 e. The molecule has 8 nitrogen and oxygen atoms in total. The fraction of sp³-hybridized carbons (Fsp3) is 0.297. The number of anilines is 1. The van der Waals surface area contributed by atoms with Crippen molar-refractivity contribution >= 4 is 39.1 Å². The maximum absolute atomic E-state index is 14.6. The van der Waals surface area contributed by atoms with E-state index in [-0.39, 0.29) is 29.7 Å². The number of nitrogens with zero attached hydrogens (tertiary/aromatic N) is 2. The van der Waals surface area contributed by atoms with Crippen LogP contribution in [-0.2, 0) is 32.6 Å². The second kappa shape index (κ2) is 16.5. The normalized spacial score (nSPS) is 12.0. The van der Waals surface area contributed by atoms with Gasteiger partial charge < -0.3 is 15.0 Å². The molecule has 0 aliphatic heterocycles. The lowest BCUT2D eigenvalue weighted by Crippen LogP contribution is -2.53. The van der Waals surface area contributed by atoms with Gasteiger partial charge in [-0.2, -0.15) is 0 Å². The number of nitrogens with one attached hydrogen (secondary N) is 1. The molecule has 0 aliphatic carbocycles. The summed E-state index contributed by atoms with van der Waals surface area (Å²) in [5, 5.41) is 3.53. The largest absolute Gasteiger partial charge is 0.494 e. The quantitative estimate of drug-likeness (QED) is 0.152. The molecule has 1 atom stereocenters. The predicted molar refractivity (Wildman–Crippen MR) is 187 cm³/mol. The first-order chi connectivity index (χ1) is 22.5. The zero-order chi connectivity index (χ0) is 34.0. The summed E-state index contributed by atoms with van der Waals surface area (Å²) in [6.07, 6.45) is 0.236. The third kappa shape index (κ3) is 9.83. The molecule has 0 saturated carbocycles. The topological polar surface area (TPSA) is 96.0 Å². The van der Waals surface area contributed by atoms with Gasteiger partial charge in [0.15, 0.2) is 0 Å². The highest BCUT2D eigenvalue weighted by atomic mass is 35.5. The monoisotopic (exact) mass is 675 g/mol. The van der Waals surface area contributed by atoms with Crippen molar-refractivity contribution < 1.29 is 22.7 Å². The highest BCUT2D eigenvalue weighted by Gasteiger charge is 2.34. The molecule has 4 aromatic rings. The molecular formula is C37H42ClN3O5S. The van der Waals surface area contributed by atoms with E-state index < -0.39 is 28.5 Å². The number of ether oxygens (including phenoxy) is 1. The lowest BCUT2D eigenvalue weighted by Gasteiger charge is -2.34. The Bertz CT molecular complexity index is 1710. The van der Waals surface area contributed by atoms with Crippen molar-refractivity contribution in [1.29, 1.82) is 0 Å². The molecule has 4 rings (SSSR count). The minimum Gasteiger partial charge on any atom is -0.494 e. The fourth-order valence-corrected chi connectivity index (χ4v) is 6.54. The summed E-state index contributed by atoms with van der Waals surface area (Å²) in [7, 11) is -4.22. The molecule has 0 aromatic heterocycles. The number of amides is 2. The third-order valence-electron chi connectivity index (χ3n) is 7.55. The van der Waals surface area contributed by atoms with Gasteiger partial charge in [0.05, 0.1) is 17.2 Å². The number of sulfonamides is 1. The minimum absolute atomic E-state index is 0.00842. The van der Waals surface area contributed by atoms with Gasteiger partial charge >= 0.3 is 0 Å². The summed E-state index contributed by atoms with van der Waals surface area (Å²) in [5.74, 6) is -0.125. The summed E-state index contributed by atoms with van der Waals surface area (Å²) < 4.78 is 35.1. The smallest absolute Gasteiger partial charge is 0.264 e. The molecule has 47 heavy (non-hydrogen) atoms. The first kappa shape index (κ1) is 35.5. The second-order valence-electron chi connectivity index (χ2n) is 11.7. The number of hydrogen-bond donors (Lipinski definition) is 1. The first-order valence-corrected chi connectivity index (χ1v) is 17.5. The van der Waals surface area contributed by atoms with Gasteiger partial charge in [-0.3, -0.25) is 13.9 Å². The van der Waals surface area contributed by atoms with E-state index in [0.29, 0.717) is 29.6 Å². The van der Waals surface area contributed by atoms with Crippen molar-refractivity contribution in [1.82, 2.24) is 10.2 Å². The van der Waals surface area contributed by atoms with E-state index in [4.69, 9.17) is 16.3 Å². The highest BCUT2D eigenvalue weighted by molar-refractivity contribution is 7.92. The molecule has 0 fully saturated rings. The number of aryl methyl sites for hydroxylation is 1. The number of carbonyl (C=O) groups excluding carboxylic acids is 2. The van der Waals surface area contributed by atoms with Gasteiger partial charge in [-0.15, -0.1) is 0 Å². The van der Waals surface area contributed by atoms with Crippen molar-refractivity contribution in [3.05, 3.63) is 125 Å². The van der Waals surface area contributed by atoms with Gasteiger partial charge in [0, 0.05) is 24.5 Å². The van der Waals surface area contributed by atoms with Gasteiger partial charge in [-0.1, -0.05) is 85.6 Å². The van der Waals surface area contributed by atoms with Crippen LogP contribution >= 0.6 is 11.6 Å². The lowest BCUT2D eigenvalue weighted by atomic mass is 10.0. The number of rotatable bonds is 15. The van der Waals surface area contributed by atoms with Gasteiger partial charge in [0.25, 0.3) is 10.0 Å². The lowest BCUT2D eigenvalue weighted by molar-refractivity contribution is -0.140. The van der Waals surface area contributed by atoms with Gasteiger partial charge in [-0.25, -0.2) is 8.42 Å². The molecule has 4 aromatic carbocycles. The molecule has 0 heterocycles. The van der Waals surface area contributed by atoms with Crippen LogP contribution in [-0.4, -0.2) is 50.9 Å². The zero-order valence-corrected chi connectivity index (χ0v) is 28.8. The number of hydrogen-bond acceptors (Lipinski definition) is 5. The molecule has 0 spiro atoms. The standard InChI is InChI=1S/C37H42ClN3O5S/c1-5-46-33-19-21-34(22-20-33)47(44,45)41(32-17-11-28(4)12-18-32)26-36(42)40(25-30-13-15-31(38)16-14-30)35(37(43)39-24-27(2)3)23-29-9-7-6-8-10-29/h6-22,27,35H,5,23-26H2,1-4H3,(H,39,43). The van der Waals surface area contributed by atoms with E-state index in [1.807, 2.05) is 58.0 Å². The van der Waals surface area contributed by atoms with Gasteiger partial charge in [0.2, 0.25) is 11.8 Å². The van der Waals surface area contributed by atoms with Crippen LogP contribution < -0.4 is 14.4 Å². The summed E-state index contributed by atoms with van der Waals surface area (Å²) in [4.78, 5) is 29.9. The molecule has 10 heteroatoms. The number of halogens is 1. The van der Waals surface area contributed by atoms with Crippen LogP contribution in [0.4, 0.5) is 5.69 Å². The van der Waals surface area contributed by atoms with Crippen molar-refractivity contribution in [2.24, 2.45) is 5.92 Å². The van der Waals surface area contributed by atoms with Crippen molar-refractivity contribution in [2.45, 2.75) is 51.6 Å². The molecule has 0 radical (unpaired) electrons. The van der Waals surface area contributed by atoms with Crippen LogP contribution in [0.3, 0.4) is 0 Å². The van der Waals surface area contributed by atoms with Crippen LogP contribution in [0.25, 0.3) is 0 Å². The van der Waals surface area contributed by atoms with E-state index in [9.17, 15) is 18.0 Å². The average Bonchev–Trinajstić information content (AvgIpc) is 3.06. The predicted octanol–water partition coefficient (Wildman–Crippen LogP) is 6.65. The first-order valence-electron chi connectivity index (χ1n) is 15.7. The Morgan fingerprint density at radius 2 is 1.49 bits per heavy atom. The molecule has 248 valence electrons. The third-order valence-corrected chi connectivity index (χ3v) is 9.59. The molecule has 1 unspecified atom stereocenters. The van der Waals surface area contributed by atoms with Crippen molar-refractivity contribution in [2.75, 3.05) is 24.0 Å². The Kier molecular flexibility index (Phi) is 12.4. The molecule has 0 saturated heterocycles. The molecule has 0 bridgehead atoms. The summed E-state index contributed by atoms with van der Waals surface area (Å²) in [6, 6.07) is 28.6. The summed E-state index contributed by atoms with van der Waals surface area (Å²) in [6.45, 7) is 8.13. The summed E-state index contributed by atoms with van der Waals surface area (Å²) >= 11 is 6.16. The zero-order valence-electron chi connectivity index (χ0n) is 27.2. The van der Waals surface area contributed by atoms with Crippen LogP contribution in [0.5, 0.6) is 5.75 Å². The van der Waals surface area contributed by atoms with Crippen LogP contribution in [0.1, 0.15) is 37.5 Å². The van der Waals surface area contributed by atoms with Crippen molar-refractivity contribution in [3.63, 3.8) is 0 Å². The van der Waals surface area contributed by atoms with E-state index >= 15 is 0 Å². The highest BCUT2D eigenvalue weighted by Crippen LogP contribution is 2.27. The number of benzene rings is 4. The Labute approximate surface area is 283 Å². The Morgan fingerprint density at radius 3 is 2.09 bits per heavy atom. The van der Waals surface area contributed by atoms with Gasteiger partial charge in [0.1, 0.15) is 18.3 Å². The Balaban J connectivity index is 1.78. The van der Waals surface area contributed by atoms with E-state index in [0.717, 1.165) is 21.0 Å². The van der Waals surface area contributed by atoms with E-state index in [2.05, 4.69) is 5.32 Å². The molecule has 1 N–H and O–H groups in total. The fourth-order valence-electron chi connectivity index (χ4n) is 5.00. The second-order valence-corrected chi connectivity index (χ2v) is 14.0. The minimum atomic E-state index is -4.22. The van der Waals surface area contributed by atoms with E-state index in [1.54, 1.807) is 60.7 Å². The number of carbonyl (C=O) groups is 2.